The molecule has 0 saturated carbocycles. The molecule has 1 aromatic carbocycles. The lowest BCUT2D eigenvalue weighted by atomic mass is 9.99. The van der Waals surface area contributed by atoms with Gasteiger partial charge in [0.05, 0.1) is 10.5 Å². The van der Waals surface area contributed by atoms with Crippen LogP contribution in [0.2, 0.25) is 5.15 Å². The SMILES string of the molecule is CC[C@H](C)c1ccc(S(=O)(=O)N2CCN(C(=O)c3ccc(Cl)nc3)CC2)cc1. The minimum Gasteiger partial charge on any atom is -0.336 e. The molecule has 0 spiro atoms. The molecule has 28 heavy (non-hydrogen) atoms. The lowest BCUT2D eigenvalue weighted by molar-refractivity contribution is 0.0697. The van der Waals surface area contributed by atoms with E-state index in [0.717, 1.165) is 12.0 Å². The first kappa shape index (κ1) is 20.8. The van der Waals surface area contributed by atoms with Crippen LogP contribution in [-0.2, 0) is 10.0 Å². The van der Waals surface area contributed by atoms with Crippen LogP contribution in [0.1, 0.15) is 42.1 Å². The minimum absolute atomic E-state index is 0.167. The van der Waals surface area contributed by atoms with Gasteiger partial charge in [-0.25, -0.2) is 13.4 Å². The molecular formula is C20H24ClN3O3S. The fourth-order valence-electron chi connectivity index (χ4n) is 3.17. The largest absolute Gasteiger partial charge is 0.336 e. The van der Waals surface area contributed by atoms with Crippen molar-refractivity contribution in [1.82, 2.24) is 14.2 Å². The second kappa shape index (κ2) is 8.59. The van der Waals surface area contributed by atoms with Crippen LogP contribution in [0.3, 0.4) is 0 Å². The van der Waals surface area contributed by atoms with Crippen LogP contribution in [-0.4, -0.2) is 54.7 Å². The van der Waals surface area contributed by atoms with E-state index >= 15 is 0 Å². The van der Waals surface area contributed by atoms with Gasteiger partial charge in [-0.1, -0.05) is 37.6 Å². The second-order valence-corrected chi connectivity index (χ2v) is 9.27. The van der Waals surface area contributed by atoms with Crippen LogP contribution in [0.25, 0.3) is 0 Å². The number of amides is 1. The molecule has 1 aliphatic heterocycles. The summed E-state index contributed by atoms with van der Waals surface area (Å²) in [4.78, 5) is 18.4. The third kappa shape index (κ3) is 4.37. The molecule has 0 aliphatic carbocycles. The number of halogens is 1. The zero-order valence-corrected chi connectivity index (χ0v) is 17.6. The Morgan fingerprint density at radius 2 is 1.75 bits per heavy atom. The number of hydrogen-bond donors (Lipinski definition) is 0. The number of pyridine rings is 1. The van der Waals surface area contributed by atoms with Gasteiger partial charge in [-0.2, -0.15) is 4.31 Å². The highest BCUT2D eigenvalue weighted by molar-refractivity contribution is 7.89. The molecule has 1 saturated heterocycles. The van der Waals surface area contributed by atoms with E-state index in [0.29, 0.717) is 34.6 Å². The highest BCUT2D eigenvalue weighted by atomic mass is 35.5. The standard InChI is InChI=1S/C20H24ClN3O3S/c1-3-15(2)16-4-7-18(8-5-16)28(26,27)24-12-10-23(11-13-24)20(25)17-6-9-19(21)22-14-17/h4-9,14-15H,3,10-13H2,1-2H3/t15-/m0/s1. The van der Waals surface area contributed by atoms with Crippen LogP contribution in [0.4, 0.5) is 0 Å². The Labute approximate surface area is 171 Å². The number of benzene rings is 1. The molecule has 0 radical (unpaired) electrons. The Morgan fingerprint density at radius 1 is 1.11 bits per heavy atom. The Bertz CT molecular complexity index is 922. The van der Waals surface area contributed by atoms with Crippen molar-refractivity contribution in [1.29, 1.82) is 0 Å². The van der Waals surface area contributed by atoms with Crippen molar-refractivity contribution in [2.45, 2.75) is 31.1 Å². The summed E-state index contributed by atoms with van der Waals surface area (Å²) >= 11 is 5.76. The van der Waals surface area contributed by atoms with E-state index in [-0.39, 0.29) is 19.0 Å². The van der Waals surface area contributed by atoms with Gasteiger partial charge in [-0.3, -0.25) is 4.79 Å². The Hall–Kier alpha value is -1.96. The molecule has 0 bridgehead atoms. The summed E-state index contributed by atoms with van der Waals surface area (Å²) in [6.07, 6.45) is 2.44. The zero-order chi connectivity index (χ0) is 20.3. The average molecular weight is 422 g/mol. The van der Waals surface area contributed by atoms with Gasteiger partial charge in [0.15, 0.2) is 0 Å². The van der Waals surface area contributed by atoms with Gasteiger partial charge in [-0.05, 0) is 42.2 Å². The van der Waals surface area contributed by atoms with E-state index in [1.54, 1.807) is 29.2 Å². The number of carbonyl (C=O) groups excluding carboxylic acids is 1. The van der Waals surface area contributed by atoms with Crippen molar-refractivity contribution < 1.29 is 13.2 Å². The Morgan fingerprint density at radius 3 is 2.29 bits per heavy atom. The highest BCUT2D eigenvalue weighted by Gasteiger charge is 2.30. The maximum absolute atomic E-state index is 12.9. The number of nitrogens with zero attached hydrogens (tertiary/aromatic N) is 3. The van der Waals surface area contributed by atoms with Gasteiger partial charge in [0.1, 0.15) is 5.15 Å². The number of aromatic nitrogens is 1. The summed E-state index contributed by atoms with van der Waals surface area (Å²) in [6.45, 7) is 5.44. The molecule has 0 unspecified atom stereocenters. The molecule has 150 valence electrons. The third-order valence-corrected chi connectivity index (χ3v) is 7.34. The number of piperazine rings is 1. The molecule has 1 atom stereocenters. The summed E-state index contributed by atoms with van der Waals surface area (Å²) < 4.78 is 27.3. The summed E-state index contributed by atoms with van der Waals surface area (Å²) in [5.74, 6) is 0.229. The van der Waals surface area contributed by atoms with Crippen molar-refractivity contribution in [2.75, 3.05) is 26.2 Å². The molecule has 2 aromatic rings. The molecule has 8 heteroatoms. The molecule has 1 amide bonds. The maximum atomic E-state index is 12.9. The van der Waals surface area contributed by atoms with E-state index in [9.17, 15) is 13.2 Å². The predicted octanol–water partition coefficient (Wildman–Crippen LogP) is 3.40. The zero-order valence-electron chi connectivity index (χ0n) is 16.0. The Kier molecular flexibility index (Phi) is 6.37. The fraction of sp³-hybridized carbons (Fsp3) is 0.400. The average Bonchev–Trinajstić information content (AvgIpc) is 2.73. The highest BCUT2D eigenvalue weighted by Crippen LogP contribution is 2.23. The number of carbonyl (C=O) groups is 1. The van der Waals surface area contributed by atoms with Crippen LogP contribution >= 0.6 is 11.6 Å². The first-order valence-electron chi connectivity index (χ1n) is 9.34. The predicted molar refractivity (Wildman–Crippen MR) is 109 cm³/mol. The van der Waals surface area contributed by atoms with E-state index in [1.807, 2.05) is 12.1 Å². The van der Waals surface area contributed by atoms with E-state index in [1.165, 1.54) is 10.5 Å². The van der Waals surface area contributed by atoms with Crippen molar-refractivity contribution in [3.05, 3.63) is 58.9 Å². The first-order valence-corrected chi connectivity index (χ1v) is 11.2. The molecule has 3 rings (SSSR count). The van der Waals surface area contributed by atoms with Gasteiger partial charge >= 0.3 is 0 Å². The Balaban J connectivity index is 1.66. The quantitative estimate of drug-likeness (QED) is 0.694. The van der Waals surface area contributed by atoms with Gasteiger partial charge < -0.3 is 4.90 Å². The molecule has 6 nitrogen and oxygen atoms in total. The summed E-state index contributed by atoms with van der Waals surface area (Å²) in [7, 11) is -3.57. The monoisotopic (exact) mass is 421 g/mol. The topological polar surface area (TPSA) is 70.6 Å². The fourth-order valence-corrected chi connectivity index (χ4v) is 4.70. The van der Waals surface area contributed by atoms with Crippen molar-refractivity contribution in [3.63, 3.8) is 0 Å². The number of hydrogen-bond acceptors (Lipinski definition) is 4. The third-order valence-electron chi connectivity index (χ3n) is 5.20. The van der Waals surface area contributed by atoms with E-state index in [2.05, 4.69) is 18.8 Å². The number of rotatable bonds is 5. The minimum atomic E-state index is -3.57. The molecule has 1 aliphatic rings. The molecular weight excluding hydrogens is 398 g/mol. The van der Waals surface area contributed by atoms with Gasteiger partial charge in [0.25, 0.3) is 5.91 Å². The van der Waals surface area contributed by atoms with Gasteiger partial charge in [0.2, 0.25) is 10.0 Å². The van der Waals surface area contributed by atoms with Crippen LogP contribution in [0.5, 0.6) is 0 Å². The van der Waals surface area contributed by atoms with Crippen LogP contribution in [0, 0.1) is 0 Å². The van der Waals surface area contributed by atoms with Gasteiger partial charge in [0, 0.05) is 32.4 Å². The van der Waals surface area contributed by atoms with Crippen molar-refractivity contribution in [3.8, 4) is 0 Å². The first-order chi connectivity index (χ1) is 13.3. The summed E-state index contributed by atoms with van der Waals surface area (Å²) in [5, 5.41) is 0.326. The molecule has 0 N–H and O–H groups in total. The van der Waals surface area contributed by atoms with E-state index < -0.39 is 10.0 Å². The van der Waals surface area contributed by atoms with Gasteiger partial charge in [-0.15, -0.1) is 0 Å². The number of sulfonamides is 1. The molecule has 1 aromatic heterocycles. The normalized spacial score (nSPS) is 16.8. The lowest BCUT2D eigenvalue weighted by Gasteiger charge is -2.34. The second-order valence-electron chi connectivity index (χ2n) is 6.94. The van der Waals surface area contributed by atoms with Crippen molar-refractivity contribution >= 4 is 27.5 Å². The smallest absolute Gasteiger partial charge is 0.255 e. The van der Waals surface area contributed by atoms with Crippen molar-refractivity contribution in [2.24, 2.45) is 0 Å². The summed E-state index contributed by atoms with van der Waals surface area (Å²) in [6, 6.07) is 10.3. The van der Waals surface area contributed by atoms with E-state index in [4.69, 9.17) is 11.6 Å². The van der Waals surface area contributed by atoms with Crippen LogP contribution < -0.4 is 0 Å². The molecule has 2 heterocycles. The van der Waals surface area contributed by atoms with Crippen LogP contribution in [0.15, 0.2) is 47.5 Å². The lowest BCUT2D eigenvalue weighted by Crippen LogP contribution is -2.50. The molecule has 1 fully saturated rings. The maximum Gasteiger partial charge on any atom is 0.255 e. The summed E-state index contributed by atoms with van der Waals surface area (Å²) in [5.41, 5.74) is 1.58.